The number of hydrogen-bond donors (Lipinski definition) is 2. The molecule has 0 spiro atoms. The molecule has 1 rings (SSSR count). The normalized spacial score (nSPS) is 11.6. The molecule has 13 heavy (non-hydrogen) atoms. The number of nitrogens with one attached hydrogen (secondary N) is 1. The van der Waals surface area contributed by atoms with Crippen molar-refractivity contribution >= 4 is 33.2 Å². The van der Waals surface area contributed by atoms with Crippen molar-refractivity contribution < 1.29 is 8.42 Å². The molecule has 0 atom stereocenters. The van der Waals surface area contributed by atoms with Gasteiger partial charge in [-0.1, -0.05) is 23.2 Å². The van der Waals surface area contributed by atoms with E-state index >= 15 is 0 Å². The van der Waals surface area contributed by atoms with Gasteiger partial charge in [0, 0.05) is 5.02 Å². The van der Waals surface area contributed by atoms with Crippen LogP contribution < -0.4 is 10.7 Å². The van der Waals surface area contributed by atoms with Crippen LogP contribution in [-0.4, -0.2) is 8.42 Å². The molecule has 1 aromatic carbocycles. The Morgan fingerprint density at radius 1 is 1.31 bits per heavy atom. The van der Waals surface area contributed by atoms with Gasteiger partial charge in [0.25, 0.3) is 10.0 Å². The van der Waals surface area contributed by atoms with Crippen molar-refractivity contribution in [3.05, 3.63) is 28.2 Å². The third-order valence-corrected chi connectivity index (χ3v) is 3.24. The van der Waals surface area contributed by atoms with Crippen molar-refractivity contribution in [2.75, 3.05) is 0 Å². The Kier molecular flexibility index (Phi) is 3.15. The first-order valence-corrected chi connectivity index (χ1v) is 5.39. The first kappa shape index (κ1) is 10.7. The van der Waals surface area contributed by atoms with E-state index in [4.69, 9.17) is 29.0 Å². The second-order valence-corrected chi connectivity index (χ2v) is 4.72. The smallest absolute Gasteiger partial charge is 0.254 e. The molecule has 0 aromatic heterocycles. The molecule has 4 nitrogen and oxygen atoms in total. The fourth-order valence-corrected chi connectivity index (χ4v) is 2.14. The van der Waals surface area contributed by atoms with E-state index in [1.807, 2.05) is 0 Å². The zero-order chi connectivity index (χ0) is 10.1. The molecular weight excluding hydrogens is 235 g/mol. The van der Waals surface area contributed by atoms with E-state index in [2.05, 4.69) is 0 Å². The zero-order valence-electron chi connectivity index (χ0n) is 6.29. The summed E-state index contributed by atoms with van der Waals surface area (Å²) in [5, 5.41) is 0.348. The summed E-state index contributed by atoms with van der Waals surface area (Å²) in [6.45, 7) is 0. The third-order valence-electron chi connectivity index (χ3n) is 1.34. The molecule has 0 aliphatic rings. The maximum atomic E-state index is 11.2. The van der Waals surface area contributed by atoms with E-state index in [9.17, 15) is 8.42 Å². The molecule has 72 valence electrons. The molecule has 0 fully saturated rings. The summed E-state index contributed by atoms with van der Waals surface area (Å²) in [5.74, 6) is 4.82. The second-order valence-electron chi connectivity index (χ2n) is 2.20. The van der Waals surface area contributed by atoms with Crippen LogP contribution in [0.25, 0.3) is 0 Å². The van der Waals surface area contributed by atoms with E-state index in [1.165, 1.54) is 18.2 Å². The van der Waals surface area contributed by atoms with Crippen LogP contribution in [0.5, 0.6) is 0 Å². The summed E-state index contributed by atoms with van der Waals surface area (Å²) in [6, 6.07) is 4.09. The number of benzene rings is 1. The van der Waals surface area contributed by atoms with Gasteiger partial charge in [-0.15, -0.1) is 0 Å². The molecule has 0 aliphatic carbocycles. The summed E-state index contributed by atoms with van der Waals surface area (Å²) < 4.78 is 22.4. The van der Waals surface area contributed by atoms with Crippen LogP contribution in [0.4, 0.5) is 0 Å². The van der Waals surface area contributed by atoms with Crippen LogP contribution >= 0.6 is 23.2 Å². The second kappa shape index (κ2) is 3.81. The van der Waals surface area contributed by atoms with Crippen LogP contribution in [0.3, 0.4) is 0 Å². The van der Waals surface area contributed by atoms with Crippen molar-refractivity contribution in [2.24, 2.45) is 5.84 Å². The lowest BCUT2D eigenvalue weighted by molar-refractivity contribution is 0.584. The first-order valence-electron chi connectivity index (χ1n) is 3.15. The van der Waals surface area contributed by atoms with Crippen molar-refractivity contribution in [1.29, 1.82) is 0 Å². The lowest BCUT2D eigenvalue weighted by Gasteiger charge is -2.04. The van der Waals surface area contributed by atoms with Crippen molar-refractivity contribution in [1.82, 2.24) is 4.83 Å². The summed E-state index contributed by atoms with van der Waals surface area (Å²) in [6.07, 6.45) is 0. The van der Waals surface area contributed by atoms with Gasteiger partial charge in [-0.3, -0.25) is 5.84 Å². The lowest BCUT2D eigenvalue weighted by Crippen LogP contribution is -2.30. The first-order chi connectivity index (χ1) is 5.97. The Bertz CT molecular complexity index is 419. The minimum atomic E-state index is -3.74. The molecule has 3 N–H and O–H groups in total. The average Bonchev–Trinajstić information content (AvgIpc) is 2.09. The van der Waals surface area contributed by atoms with Gasteiger partial charge < -0.3 is 0 Å². The van der Waals surface area contributed by atoms with E-state index in [1.54, 1.807) is 4.83 Å². The highest BCUT2D eigenvalue weighted by Crippen LogP contribution is 2.24. The SMILES string of the molecule is NNS(=O)(=O)c1cc(Cl)ccc1Cl. The van der Waals surface area contributed by atoms with Crippen LogP contribution in [0.2, 0.25) is 10.0 Å². The van der Waals surface area contributed by atoms with Crippen LogP contribution in [-0.2, 0) is 10.0 Å². The average molecular weight is 241 g/mol. The Morgan fingerprint density at radius 3 is 2.46 bits per heavy atom. The van der Waals surface area contributed by atoms with E-state index in [0.717, 1.165) is 0 Å². The van der Waals surface area contributed by atoms with Crippen molar-refractivity contribution in [2.45, 2.75) is 4.90 Å². The van der Waals surface area contributed by atoms with Gasteiger partial charge in [0.2, 0.25) is 0 Å². The Hall–Kier alpha value is -0.330. The molecule has 0 amide bonds. The van der Waals surface area contributed by atoms with E-state index < -0.39 is 10.0 Å². The van der Waals surface area contributed by atoms with E-state index in [-0.39, 0.29) is 14.9 Å². The quantitative estimate of drug-likeness (QED) is 0.602. The van der Waals surface area contributed by atoms with Gasteiger partial charge in [-0.2, -0.15) is 4.83 Å². The van der Waals surface area contributed by atoms with Gasteiger partial charge in [0.05, 0.1) is 5.02 Å². The minimum Gasteiger partial charge on any atom is -0.257 e. The number of rotatable bonds is 2. The predicted molar refractivity (Wildman–Crippen MR) is 51.0 cm³/mol. The number of hydrogen-bond acceptors (Lipinski definition) is 3. The van der Waals surface area contributed by atoms with Crippen LogP contribution in [0, 0.1) is 0 Å². The van der Waals surface area contributed by atoms with Crippen LogP contribution in [0.15, 0.2) is 23.1 Å². The summed E-state index contributed by atoms with van der Waals surface area (Å²) >= 11 is 11.2. The molecule has 7 heteroatoms. The fraction of sp³-hybridized carbons (Fsp3) is 0. The van der Waals surface area contributed by atoms with Gasteiger partial charge in [0.15, 0.2) is 0 Å². The zero-order valence-corrected chi connectivity index (χ0v) is 8.62. The number of hydrazine groups is 1. The van der Waals surface area contributed by atoms with Gasteiger partial charge >= 0.3 is 0 Å². The van der Waals surface area contributed by atoms with Gasteiger partial charge in [-0.05, 0) is 18.2 Å². The highest BCUT2D eigenvalue weighted by atomic mass is 35.5. The number of sulfonamides is 1. The molecule has 0 heterocycles. The Morgan fingerprint density at radius 2 is 1.92 bits per heavy atom. The fourth-order valence-electron chi connectivity index (χ4n) is 0.747. The molecule has 1 aromatic rings. The summed E-state index contributed by atoms with van der Waals surface area (Å²) in [5.41, 5.74) is 0. The maximum Gasteiger partial charge on any atom is 0.254 e. The third kappa shape index (κ3) is 2.32. The summed E-state index contributed by atoms with van der Waals surface area (Å²) in [7, 11) is -3.74. The van der Waals surface area contributed by atoms with Crippen LogP contribution in [0.1, 0.15) is 0 Å². The molecule has 0 unspecified atom stereocenters. The largest absolute Gasteiger partial charge is 0.257 e. The van der Waals surface area contributed by atoms with Crippen molar-refractivity contribution in [3.8, 4) is 0 Å². The number of nitrogens with two attached hydrogens (primary N) is 1. The molecule has 0 bridgehead atoms. The predicted octanol–water partition coefficient (Wildman–Crippen LogP) is 1.15. The van der Waals surface area contributed by atoms with Crippen molar-refractivity contribution in [3.63, 3.8) is 0 Å². The molecular formula is C6H6Cl2N2O2S. The topological polar surface area (TPSA) is 72.2 Å². The maximum absolute atomic E-state index is 11.2. The highest BCUT2D eigenvalue weighted by Gasteiger charge is 2.16. The molecule has 0 aliphatic heterocycles. The standard InChI is InChI=1S/C6H6Cl2N2O2S/c7-4-1-2-5(8)6(3-4)13(11,12)10-9/h1-3,10H,9H2. The lowest BCUT2D eigenvalue weighted by atomic mass is 10.4. The van der Waals surface area contributed by atoms with Gasteiger partial charge in [-0.25, -0.2) is 8.42 Å². The molecule has 0 saturated carbocycles. The number of halogens is 2. The molecule has 0 radical (unpaired) electrons. The highest BCUT2D eigenvalue weighted by molar-refractivity contribution is 7.89. The Balaban J connectivity index is 3.38. The minimum absolute atomic E-state index is 0.0716. The molecule has 0 saturated heterocycles. The Labute approximate surface area is 85.7 Å². The monoisotopic (exact) mass is 240 g/mol. The van der Waals surface area contributed by atoms with E-state index in [0.29, 0.717) is 0 Å². The summed E-state index contributed by atoms with van der Waals surface area (Å²) in [4.78, 5) is 1.52. The van der Waals surface area contributed by atoms with Gasteiger partial charge in [0.1, 0.15) is 4.90 Å².